The Morgan fingerprint density at radius 1 is 1.47 bits per heavy atom. The zero-order valence-corrected chi connectivity index (χ0v) is 9.63. The quantitative estimate of drug-likeness (QED) is 0.640. The van der Waals surface area contributed by atoms with Crippen molar-refractivity contribution in [2.24, 2.45) is 11.0 Å². The number of rotatable bonds is 4. The summed E-state index contributed by atoms with van der Waals surface area (Å²) in [4.78, 5) is 11.6. The normalized spacial score (nSPS) is 17.2. The second kappa shape index (κ2) is 6.03. The third kappa shape index (κ3) is 3.59. The zero-order chi connectivity index (χ0) is 11.9. The van der Waals surface area contributed by atoms with Crippen molar-refractivity contribution in [2.45, 2.75) is 25.7 Å². The molecule has 0 radical (unpaired) electrons. The van der Waals surface area contributed by atoms with Crippen LogP contribution >= 0.6 is 0 Å². The van der Waals surface area contributed by atoms with Gasteiger partial charge in [-0.2, -0.15) is 5.10 Å². The molecule has 0 aromatic carbocycles. The topological polar surface area (TPSA) is 54.6 Å². The molecule has 1 saturated carbocycles. The fourth-order valence-electron chi connectivity index (χ4n) is 1.95. The molecule has 1 fully saturated rings. The van der Waals surface area contributed by atoms with Gasteiger partial charge in [-0.25, -0.2) is 5.43 Å². The van der Waals surface area contributed by atoms with Gasteiger partial charge in [-0.15, -0.1) is 0 Å². The van der Waals surface area contributed by atoms with E-state index in [1.54, 1.807) is 24.6 Å². The molecule has 17 heavy (non-hydrogen) atoms. The van der Waals surface area contributed by atoms with Crippen LogP contribution in [0.5, 0.6) is 0 Å². The molecule has 0 unspecified atom stereocenters. The van der Waals surface area contributed by atoms with E-state index in [0.29, 0.717) is 0 Å². The van der Waals surface area contributed by atoms with Gasteiger partial charge in [0.15, 0.2) is 0 Å². The van der Waals surface area contributed by atoms with E-state index in [1.807, 2.05) is 12.1 Å². The highest BCUT2D eigenvalue weighted by molar-refractivity contribution is 5.82. The van der Waals surface area contributed by atoms with E-state index in [9.17, 15) is 4.79 Å². The predicted molar refractivity (Wildman–Crippen MR) is 66.3 cm³/mol. The highest BCUT2D eigenvalue weighted by Crippen LogP contribution is 2.24. The van der Waals surface area contributed by atoms with Gasteiger partial charge in [-0.3, -0.25) is 4.79 Å². The predicted octanol–water partition coefficient (Wildman–Crippen LogP) is 2.59. The summed E-state index contributed by atoms with van der Waals surface area (Å²) < 4.78 is 5.11. The Hall–Kier alpha value is -1.84. The van der Waals surface area contributed by atoms with Crippen LogP contribution in [-0.2, 0) is 4.79 Å². The highest BCUT2D eigenvalue weighted by atomic mass is 16.3. The SMILES string of the molecule is O=C(NN=CC=Cc1ccco1)C1CCCC1. The van der Waals surface area contributed by atoms with Gasteiger partial charge in [0.05, 0.1) is 6.26 Å². The molecule has 0 aliphatic heterocycles. The maximum atomic E-state index is 11.6. The molecule has 1 amide bonds. The van der Waals surface area contributed by atoms with Crippen molar-refractivity contribution in [1.29, 1.82) is 0 Å². The Morgan fingerprint density at radius 2 is 2.29 bits per heavy atom. The van der Waals surface area contributed by atoms with Crippen LogP contribution in [0, 0.1) is 5.92 Å². The summed E-state index contributed by atoms with van der Waals surface area (Å²) in [6.07, 6.45) is 11.0. The Labute approximate surface area is 100 Å². The van der Waals surface area contributed by atoms with Gasteiger partial charge in [0, 0.05) is 12.1 Å². The van der Waals surface area contributed by atoms with Gasteiger partial charge in [0.1, 0.15) is 5.76 Å². The summed E-state index contributed by atoms with van der Waals surface area (Å²) >= 11 is 0. The lowest BCUT2D eigenvalue weighted by molar-refractivity contribution is -0.124. The summed E-state index contributed by atoms with van der Waals surface area (Å²) in [5, 5.41) is 3.86. The van der Waals surface area contributed by atoms with Crippen molar-refractivity contribution in [3.05, 3.63) is 30.2 Å². The minimum atomic E-state index is 0.0325. The molecule has 4 nitrogen and oxygen atoms in total. The standard InChI is InChI=1S/C13H16N2O2/c16-13(11-5-1-2-6-11)15-14-9-3-7-12-8-4-10-17-12/h3-4,7-11H,1-2,5-6H2,(H,15,16). The molecule has 1 aliphatic carbocycles. The summed E-state index contributed by atoms with van der Waals surface area (Å²) in [6.45, 7) is 0. The molecule has 90 valence electrons. The zero-order valence-electron chi connectivity index (χ0n) is 9.63. The fourth-order valence-corrected chi connectivity index (χ4v) is 1.95. The third-order valence-corrected chi connectivity index (χ3v) is 2.86. The number of amides is 1. The molecule has 1 aliphatic rings. The molecule has 0 atom stereocenters. The van der Waals surface area contributed by atoms with Gasteiger partial charge in [-0.05, 0) is 37.1 Å². The van der Waals surface area contributed by atoms with Gasteiger partial charge in [0.25, 0.3) is 0 Å². The van der Waals surface area contributed by atoms with Gasteiger partial charge < -0.3 is 4.42 Å². The Kier molecular flexibility index (Phi) is 4.13. The van der Waals surface area contributed by atoms with Crippen LogP contribution in [0.15, 0.2) is 34.0 Å². The third-order valence-electron chi connectivity index (χ3n) is 2.86. The molecule has 0 bridgehead atoms. The molecule has 1 heterocycles. The first-order chi connectivity index (χ1) is 8.36. The fraction of sp³-hybridized carbons (Fsp3) is 0.385. The van der Waals surface area contributed by atoms with Crippen LogP contribution in [0.2, 0.25) is 0 Å². The number of allylic oxidation sites excluding steroid dienone is 1. The number of carbonyl (C=O) groups is 1. The Balaban J connectivity index is 1.72. The lowest BCUT2D eigenvalue weighted by Crippen LogP contribution is -2.24. The molecule has 1 N–H and O–H groups in total. The number of furan rings is 1. The number of hydrazone groups is 1. The van der Waals surface area contributed by atoms with Crippen molar-refractivity contribution < 1.29 is 9.21 Å². The van der Waals surface area contributed by atoms with E-state index in [0.717, 1.165) is 31.4 Å². The summed E-state index contributed by atoms with van der Waals surface area (Å²) in [5.74, 6) is 0.949. The lowest BCUT2D eigenvalue weighted by Gasteiger charge is -2.04. The van der Waals surface area contributed by atoms with Crippen molar-refractivity contribution in [1.82, 2.24) is 5.43 Å². The van der Waals surface area contributed by atoms with E-state index in [-0.39, 0.29) is 11.8 Å². The number of hydrogen-bond acceptors (Lipinski definition) is 3. The van der Waals surface area contributed by atoms with Crippen LogP contribution in [0.25, 0.3) is 6.08 Å². The average molecular weight is 232 g/mol. The summed E-state index contributed by atoms with van der Waals surface area (Å²) in [5.41, 5.74) is 2.55. The number of nitrogens with one attached hydrogen (secondary N) is 1. The molecule has 0 saturated heterocycles. The van der Waals surface area contributed by atoms with Crippen LogP contribution in [-0.4, -0.2) is 12.1 Å². The molecular formula is C13H16N2O2. The number of nitrogens with zero attached hydrogens (tertiary/aromatic N) is 1. The monoisotopic (exact) mass is 232 g/mol. The maximum Gasteiger partial charge on any atom is 0.243 e. The first kappa shape index (κ1) is 11.6. The van der Waals surface area contributed by atoms with Crippen molar-refractivity contribution in [2.75, 3.05) is 0 Å². The molecule has 1 aromatic rings. The highest BCUT2D eigenvalue weighted by Gasteiger charge is 2.21. The molecular weight excluding hydrogens is 216 g/mol. The van der Waals surface area contributed by atoms with E-state index >= 15 is 0 Å². The first-order valence-corrected chi connectivity index (χ1v) is 5.89. The van der Waals surface area contributed by atoms with Crippen molar-refractivity contribution >= 4 is 18.2 Å². The molecule has 0 spiro atoms. The van der Waals surface area contributed by atoms with Crippen LogP contribution < -0.4 is 5.43 Å². The lowest BCUT2D eigenvalue weighted by atomic mass is 10.1. The van der Waals surface area contributed by atoms with E-state index in [2.05, 4.69) is 10.5 Å². The average Bonchev–Trinajstić information content (AvgIpc) is 3.01. The van der Waals surface area contributed by atoms with Crippen molar-refractivity contribution in [3.8, 4) is 0 Å². The van der Waals surface area contributed by atoms with Crippen LogP contribution in [0.3, 0.4) is 0 Å². The van der Waals surface area contributed by atoms with Crippen LogP contribution in [0.4, 0.5) is 0 Å². The Bertz CT molecular complexity index is 401. The van der Waals surface area contributed by atoms with Crippen LogP contribution in [0.1, 0.15) is 31.4 Å². The van der Waals surface area contributed by atoms with E-state index in [1.165, 1.54) is 0 Å². The molecule has 2 rings (SSSR count). The molecule has 1 aromatic heterocycles. The smallest absolute Gasteiger partial charge is 0.243 e. The van der Waals surface area contributed by atoms with Gasteiger partial charge >= 0.3 is 0 Å². The van der Waals surface area contributed by atoms with E-state index in [4.69, 9.17) is 4.42 Å². The van der Waals surface area contributed by atoms with E-state index < -0.39 is 0 Å². The summed E-state index contributed by atoms with van der Waals surface area (Å²) in [7, 11) is 0. The largest absolute Gasteiger partial charge is 0.465 e. The van der Waals surface area contributed by atoms with Crippen molar-refractivity contribution in [3.63, 3.8) is 0 Å². The second-order valence-electron chi connectivity index (χ2n) is 4.11. The van der Waals surface area contributed by atoms with Gasteiger partial charge in [0.2, 0.25) is 5.91 Å². The second-order valence-corrected chi connectivity index (χ2v) is 4.11. The maximum absolute atomic E-state index is 11.6. The Morgan fingerprint density at radius 3 is 3.00 bits per heavy atom. The number of hydrogen-bond donors (Lipinski definition) is 1. The minimum Gasteiger partial charge on any atom is -0.465 e. The number of carbonyl (C=O) groups excluding carboxylic acids is 1. The first-order valence-electron chi connectivity index (χ1n) is 5.89. The minimum absolute atomic E-state index is 0.0325. The summed E-state index contributed by atoms with van der Waals surface area (Å²) in [6, 6.07) is 3.67. The van der Waals surface area contributed by atoms with Gasteiger partial charge in [-0.1, -0.05) is 12.8 Å². The molecule has 4 heteroatoms.